The van der Waals surface area contributed by atoms with E-state index in [1.165, 1.54) is 25.3 Å². The molecule has 2 aliphatic heterocycles. The highest BCUT2D eigenvalue weighted by atomic mass is 32.2. The van der Waals surface area contributed by atoms with Crippen molar-refractivity contribution in [1.29, 1.82) is 0 Å². The molecule has 6 rings (SSSR count). The average molecular weight is 1100 g/mol. The zero-order chi connectivity index (χ0) is 53.7. The summed E-state index contributed by atoms with van der Waals surface area (Å²) >= 11 is 0. The smallest absolute Gasteiger partial charge is 0.303 e. The van der Waals surface area contributed by atoms with E-state index >= 15 is 0 Å². The number of nitrogens with zero attached hydrogens (tertiary/aromatic N) is 2. The second-order valence-electron chi connectivity index (χ2n) is 18.4. The second kappa shape index (κ2) is 23.1. The summed E-state index contributed by atoms with van der Waals surface area (Å²) in [6.45, 7) is 8.41. The highest BCUT2D eigenvalue weighted by molar-refractivity contribution is 7.87. The Morgan fingerprint density at radius 1 is 0.603 bits per heavy atom. The predicted octanol–water partition coefficient (Wildman–Crippen LogP) is 6.04. The van der Waals surface area contributed by atoms with Crippen molar-refractivity contribution >= 4 is 79.4 Å². The molecular formula is C48H62N2O19S4. The van der Waals surface area contributed by atoms with Gasteiger partial charge in [0.2, 0.25) is 0 Å². The molecule has 2 atom stereocenters. The lowest BCUT2D eigenvalue weighted by atomic mass is 9.74. The van der Waals surface area contributed by atoms with Gasteiger partial charge in [0.15, 0.2) is 0 Å². The van der Waals surface area contributed by atoms with Crippen LogP contribution in [0.3, 0.4) is 0 Å². The van der Waals surface area contributed by atoms with Crippen molar-refractivity contribution < 1.29 is 85.5 Å². The van der Waals surface area contributed by atoms with Crippen molar-refractivity contribution in [2.45, 2.75) is 89.3 Å². The maximum Gasteiger partial charge on any atom is 0.303 e. The number of hydrogen-bond acceptors (Lipinski definition) is 16. The van der Waals surface area contributed by atoms with Crippen LogP contribution in [0.25, 0.3) is 21.5 Å². The van der Waals surface area contributed by atoms with Crippen molar-refractivity contribution in [2.24, 2.45) is 0 Å². The van der Waals surface area contributed by atoms with E-state index in [0.717, 1.165) is 6.07 Å². The van der Waals surface area contributed by atoms with Crippen LogP contribution in [0.5, 0.6) is 0 Å². The fraction of sp³-hybridized carbons (Fsp3) is 0.479. The number of benzene rings is 4. The molecule has 2 unspecified atom stereocenters. The van der Waals surface area contributed by atoms with E-state index < -0.39 is 82.9 Å². The molecule has 5 N–H and O–H groups in total. The molecule has 4 aromatic carbocycles. The highest BCUT2D eigenvalue weighted by Gasteiger charge is 2.48. The molecule has 73 heavy (non-hydrogen) atoms. The summed E-state index contributed by atoms with van der Waals surface area (Å²) in [4.78, 5) is 12.3. The first kappa shape index (κ1) is 57.7. The first-order valence-electron chi connectivity index (χ1n) is 23.2. The van der Waals surface area contributed by atoms with Crippen molar-refractivity contribution in [3.63, 3.8) is 0 Å². The van der Waals surface area contributed by atoms with Gasteiger partial charge in [0.25, 0.3) is 40.5 Å². The Morgan fingerprint density at radius 2 is 1.11 bits per heavy atom. The Kier molecular flexibility index (Phi) is 18.2. The van der Waals surface area contributed by atoms with Gasteiger partial charge in [-0.3, -0.25) is 23.0 Å². The van der Waals surface area contributed by atoms with Crippen LogP contribution in [0.1, 0.15) is 64.0 Å². The van der Waals surface area contributed by atoms with Crippen LogP contribution >= 0.6 is 0 Å². The molecule has 0 spiro atoms. The van der Waals surface area contributed by atoms with Gasteiger partial charge in [0.1, 0.15) is 9.79 Å². The van der Waals surface area contributed by atoms with E-state index in [4.69, 9.17) is 23.7 Å². The SMILES string of the molecule is COCCOCCOCCOCCC1(C)c2c(ccc3c(S(=O)(=O)O)cc(S(=O)(=O)O)cc23)N(CCOC)C1/C=C/C=C1/N(CCCCCC(=O)O)c2ccc3c(S(=O)(=O)O)cc(S(=O)(=O)O)cc3c2C1(C)C. The van der Waals surface area contributed by atoms with Crippen LogP contribution in [0.2, 0.25) is 0 Å². The number of aliphatic carboxylic acids is 1. The maximum atomic E-state index is 12.9. The Labute approximate surface area is 425 Å². The van der Waals surface area contributed by atoms with Crippen molar-refractivity contribution in [3.8, 4) is 0 Å². The number of ether oxygens (including phenoxy) is 5. The normalized spacial score (nSPS) is 18.7. The third kappa shape index (κ3) is 12.9. The third-order valence-corrected chi connectivity index (χ3v) is 16.7. The molecule has 4 aromatic rings. The number of fused-ring (bicyclic) bond motifs is 6. The van der Waals surface area contributed by atoms with Crippen LogP contribution in [-0.2, 0) is 79.8 Å². The van der Waals surface area contributed by atoms with Crippen LogP contribution in [0.15, 0.2) is 92.0 Å². The largest absolute Gasteiger partial charge is 0.481 e. The van der Waals surface area contributed by atoms with E-state index in [2.05, 4.69) is 0 Å². The van der Waals surface area contributed by atoms with Gasteiger partial charge in [0, 0.05) is 79.0 Å². The summed E-state index contributed by atoms with van der Waals surface area (Å²) in [5.41, 5.74) is 0.609. The standard InChI is InChI=1S/C48H62N2O19S4/c1-47(2)42(49(18-8-6-7-12-44(51)52)38-15-13-34-36(45(38)47)28-32(70(53,54)55)30-40(34)72(59,60)61)10-9-11-43-48(3,17-20-67-24-25-69-27-26-68-23-22-66-5)46-37-29-33(71(56,57)58)31-41(73(62,63)64)35(37)14-16-39(46)50(43)19-21-65-4/h9-11,13-16,28-31,43H,6-8,12,17-27H2,1-5H3,(H,51,52)(H,53,54,55)(H,56,57,58)(H,59,60,61)(H,62,63,64)/b11-9+,42-10+. The molecule has 0 aliphatic carbocycles. The molecular weight excluding hydrogens is 1040 g/mol. The van der Waals surface area contributed by atoms with E-state index in [1.54, 1.807) is 25.3 Å². The van der Waals surface area contributed by atoms with Crippen LogP contribution in [-0.4, -0.2) is 149 Å². The maximum absolute atomic E-state index is 12.9. The van der Waals surface area contributed by atoms with Gasteiger partial charge >= 0.3 is 5.97 Å². The Balaban J connectivity index is 1.50. The lowest BCUT2D eigenvalue weighted by Crippen LogP contribution is -2.44. The van der Waals surface area contributed by atoms with Crippen LogP contribution < -0.4 is 9.80 Å². The summed E-state index contributed by atoms with van der Waals surface area (Å²) in [5, 5.41) is 9.53. The summed E-state index contributed by atoms with van der Waals surface area (Å²) in [6.07, 6.45) is 7.11. The molecule has 0 fully saturated rings. The molecule has 0 aromatic heterocycles. The molecule has 402 valence electrons. The van der Waals surface area contributed by atoms with E-state index in [9.17, 15) is 61.8 Å². The molecule has 2 heterocycles. The van der Waals surface area contributed by atoms with E-state index in [1.807, 2.05) is 42.7 Å². The topological polar surface area (TPSA) is 307 Å². The zero-order valence-corrected chi connectivity index (χ0v) is 44.3. The van der Waals surface area contributed by atoms with Crippen molar-refractivity contribution in [3.05, 3.63) is 83.6 Å². The van der Waals surface area contributed by atoms with Gasteiger partial charge < -0.3 is 38.6 Å². The quantitative estimate of drug-likeness (QED) is 0.0336. The minimum Gasteiger partial charge on any atom is -0.481 e. The Bertz CT molecular complexity index is 3230. The number of unbranched alkanes of at least 4 members (excludes halogenated alkanes) is 2. The fourth-order valence-corrected chi connectivity index (χ4v) is 12.6. The lowest BCUT2D eigenvalue weighted by Gasteiger charge is -2.35. The molecule has 0 radical (unpaired) electrons. The number of allylic oxidation sites excluding steroid dienone is 3. The van der Waals surface area contributed by atoms with Gasteiger partial charge in [-0.05, 0) is 83.6 Å². The molecule has 2 aliphatic rings. The Hall–Kier alpha value is -4.61. The predicted molar refractivity (Wildman–Crippen MR) is 270 cm³/mol. The number of carboxylic acids is 1. The summed E-state index contributed by atoms with van der Waals surface area (Å²) in [7, 11) is -17.0. The van der Waals surface area contributed by atoms with Crippen molar-refractivity contribution in [1.82, 2.24) is 0 Å². The molecule has 25 heteroatoms. The fourth-order valence-electron chi connectivity index (χ4n) is 9.93. The lowest BCUT2D eigenvalue weighted by molar-refractivity contribution is -0.137. The summed E-state index contributed by atoms with van der Waals surface area (Å²) in [6, 6.07) is 9.27. The first-order valence-corrected chi connectivity index (χ1v) is 28.9. The number of hydrogen-bond donors (Lipinski definition) is 5. The van der Waals surface area contributed by atoms with Gasteiger partial charge in [0.05, 0.1) is 62.1 Å². The van der Waals surface area contributed by atoms with Crippen LogP contribution in [0, 0.1) is 0 Å². The summed E-state index contributed by atoms with van der Waals surface area (Å²) < 4.78 is 171. The van der Waals surface area contributed by atoms with Crippen LogP contribution in [0.4, 0.5) is 11.4 Å². The van der Waals surface area contributed by atoms with Gasteiger partial charge in [-0.25, -0.2) is 0 Å². The van der Waals surface area contributed by atoms with Gasteiger partial charge in [-0.1, -0.05) is 51.5 Å². The second-order valence-corrected chi connectivity index (χ2v) is 24.0. The molecule has 0 amide bonds. The molecule has 0 saturated carbocycles. The zero-order valence-electron chi connectivity index (χ0n) is 41.0. The van der Waals surface area contributed by atoms with Gasteiger partial charge in [-0.2, -0.15) is 33.7 Å². The summed E-state index contributed by atoms with van der Waals surface area (Å²) in [5.74, 6) is -0.948. The van der Waals surface area contributed by atoms with E-state index in [0.29, 0.717) is 92.6 Å². The molecule has 0 bridgehead atoms. The average Bonchev–Trinajstić information content (AvgIpc) is 3.67. The Morgan fingerprint density at radius 3 is 1.62 bits per heavy atom. The number of anilines is 2. The molecule has 21 nitrogen and oxygen atoms in total. The number of carbonyl (C=O) groups is 1. The monoisotopic (exact) mass is 1100 g/mol. The first-order chi connectivity index (χ1) is 34.2. The number of rotatable bonds is 27. The van der Waals surface area contributed by atoms with Crippen molar-refractivity contribution in [2.75, 3.05) is 90.0 Å². The molecule has 0 saturated heterocycles. The van der Waals surface area contributed by atoms with E-state index in [-0.39, 0.29) is 67.4 Å². The minimum absolute atomic E-state index is 0.00419. The number of carboxylic acid groups (broad SMARTS) is 1. The third-order valence-electron chi connectivity index (χ3n) is 13.3. The minimum atomic E-state index is -5.06. The van der Waals surface area contributed by atoms with Gasteiger partial charge in [-0.15, -0.1) is 0 Å². The number of methoxy groups -OCH3 is 2. The highest BCUT2D eigenvalue weighted by Crippen LogP contribution is 2.54.